The van der Waals surface area contributed by atoms with Gasteiger partial charge in [0.05, 0.1) is 0 Å². The molecule has 0 aliphatic rings. The monoisotopic (exact) mass is 259 g/mol. The maximum absolute atomic E-state index is 3.43. The summed E-state index contributed by atoms with van der Waals surface area (Å²) in [7, 11) is 0. The number of rotatable bonds is 15. The minimum atomic E-state index is 1.05. The lowest BCUT2D eigenvalue weighted by molar-refractivity contribution is 0.558. The highest BCUT2D eigenvalue weighted by Gasteiger charge is 1.90. The molecule has 0 heterocycles. The lowest BCUT2D eigenvalue weighted by Crippen LogP contribution is -2.35. The second kappa shape index (κ2) is 16.8. The molecule has 0 atom stereocenters. The van der Waals surface area contributed by atoms with Crippen LogP contribution in [0.1, 0.15) is 20.3 Å². The van der Waals surface area contributed by atoms with Gasteiger partial charge in [-0.1, -0.05) is 13.8 Å². The predicted octanol–water partition coefficient (Wildman–Crippen LogP) is -0.636. The Bertz CT molecular complexity index is 127. The van der Waals surface area contributed by atoms with Gasteiger partial charge in [0.2, 0.25) is 0 Å². The normalized spacial score (nSPS) is 11.0. The van der Waals surface area contributed by atoms with Gasteiger partial charge in [-0.05, 0) is 32.6 Å². The Balaban J connectivity index is 2.86. The largest absolute Gasteiger partial charge is 0.317 e. The first-order valence-electron chi connectivity index (χ1n) is 7.45. The summed E-state index contributed by atoms with van der Waals surface area (Å²) in [4.78, 5) is 0. The van der Waals surface area contributed by atoms with Crippen molar-refractivity contribution in [3.63, 3.8) is 0 Å². The third-order valence-corrected chi connectivity index (χ3v) is 2.64. The van der Waals surface area contributed by atoms with E-state index in [1.54, 1.807) is 0 Å². The summed E-state index contributed by atoms with van der Waals surface area (Å²) in [6, 6.07) is 0. The molecule has 0 fully saturated rings. The highest BCUT2D eigenvalue weighted by Crippen LogP contribution is 1.72. The summed E-state index contributed by atoms with van der Waals surface area (Å²) in [6.45, 7) is 14.9. The number of likely N-dealkylation sites (N-methyl/N-ethyl adjacent to an activating group) is 1. The Morgan fingerprint density at radius 1 is 0.444 bits per heavy atom. The Morgan fingerprint density at radius 3 is 1.28 bits per heavy atom. The number of nitrogens with one attached hydrogen (secondary N) is 5. The molecular weight excluding hydrogens is 226 g/mol. The molecule has 0 spiro atoms. The molecule has 0 aliphatic heterocycles. The van der Waals surface area contributed by atoms with Crippen molar-refractivity contribution in [1.29, 1.82) is 0 Å². The molecule has 5 N–H and O–H groups in total. The topological polar surface area (TPSA) is 60.1 Å². The highest BCUT2D eigenvalue weighted by molar-refractivity contribution is 4.56. The van der Waals surface area contributed by atoms with Gasteiger partial charge in [-0.3, -0.25) is 0 Å². The number of hydrogen-bond donors (Lipinski definition) is 5. The SMILES string of the molecule is CCNCCCNCCNCCNCCNCC. The molecule has 5 nitrogen and oxygen atoms in total. The van der Waals surface area contributed by atoms with E-state index in [9.17, 15) is 0 Å². The van der Waals surface area contributed by atoms with Crippen LogP contribution in [-0.2, 0) is 0 Å². The molecule has 0 aromatic carbocycles. The molecule has 0 radical (unpaired) electrons. The van der Waals surface area contributed by atoms with E-state index in [-0.39, 0.29) is 0 Å². The first kappa shape index (κ1) is 17.8. The molecule has 18 heavy (non-hydrogen) atoms. The van der Waals surface area contributed by atoms with Gasteiger partial charge in [-0.25, -0.2) is 0 Å². The van der Waals surface area contributed by atoms with Crippen molar-refractivity contribution in [1.82, 2.24) is 26.6 Å². The Morgan fingerprint density at radius 2 is 0.778 bits per heavy atom. The molecule has 0 saturated carbocycles. The van der Waals surface area contributed by atoms with Crippen LogP contribution in [0.15, 0.2) is 0 Å². The Kier molecular flexibility index (Phi) is 16.6. The molecule has 0 unspecified atom stereocenters. The molecule has 0 amide bonds. The van der Waals surface area contributed by atoms with Crippen molar-refractivity contribution in [3.05, 3.63) is 0 Å². The highest BCUT2D eigenvalue weighted by atomic mass is 15.0. The van der Waals surface area contributed by atoms with Crippen LogP contribution in [0.2, 0.25) is 0 Å². The van der Waals surface area contributed by atoms with E-state index in [1.807, 2.05) is 0 Å². The third kappa shape index (κ3) is 15.8. The molecule has 0 aliphatic carbocycles. The van der Waals surface area contributed by atoms with Crippen LogP contribution in [0.25, 0.3) is 0 Å². The van der Waals surface area contributed by atoms with E-state index in [2.05, 4.69) is 40.4 Å². The first-order chi connectivity index (χ1) is 8.91. The Labute approximate surface area is 113 Å². The van der Waals surface area contributed by atoms with Crippen LogP contribution in [0.3, 0.4) is 0 Å². The van der Waals surface area contributed by atoms with Crippen LogP contribution >= 0.6 is 0 Å². The summed E-state index contributed by atoms with van der Waals surface area (Å²) in [5, 5.41) is 16.8. The van der Waals surface area contributed by atoms with Crippen LogP contribution in [-0.4, -0.2) is 65.4 Å². The predicted molar refractivity (Wildman–Crippen MR) is 80.3 cm³/mol. The van der Waals surface area contributed by atoms with E-state index in [4.69, 9.17) is 0 Å². The van der Waals surface area contributed by atoms with Gasteiger partial charge in [0.15, 0.2) is 0 Å². The standard InChI is InChI=1S/C13H33N5/c1-3-14-6-5-7-16-10-11-18-13-12-17-9-8-15-4-2/h14-18H,3-13H2,1-2H3. The van der Waals surface area contributed by atoms with E-state index < -0.39 is 0 Å². The second-order valence-electron chi connectivity index (χ2n) is 4.31. The van der Waals surface area contributed by atoms with Crippen molar-refractivity contribution in [2.75, 3.05) is 65.4 Å². The maximum atomic E-state index is 3.43. The second-order valence-corrected chi connectivity index (χ2v) is 4.31. The van der Waals surface area contributed by atoms with Crippen molar-refractivity contribution in [2.45, 2.75) is 20.3 Å². The van der Waals surface area contributed by atoms with E-state index >= 15 is 0 Å². The van der Waals surface area contributed by atoms with Crippen LogP contribution in [0.5, 0.6) is 0 Å². The van der Waals surface area contributed by atoms with Gasteiger partial charge in [-0.15, -0.1) is 0 Å². The maximum Gasteiger partial charge on any atom is 0.00772 e. The molecule has 110 valence electrons. The molecule has 0 aromatic heterocycles. The van der Waals surface area contributed by atoms with Crippen LogP contribution in [0, 0.1) is 0 Å². The summed E-state index contributed by atoms with van der Waals surface area (Å²) in [5.41, 5.74) is 0. The molecule has 5 heteroatoms. The average molecular weight is 259 g/mol. The van der Waals surface area contributed by atoms with Gasteiger partial charge in [0, 0.05) is 39.3 Å². The van der Waals surface area contributed by atoms with Crippen LogP contribution in [0.4, 0.5) is 0 Å². The fourth-order valence-corrected chi connectivity index (χ4v) is 1.60. The molecule has 0 rings (SSSR count). The molecular formula is C13H33N5. The van der Waals surface area contributed by atoms with Gasteiger partial charge < -0.3 is 26.6 Å². The zero-order valence-corrected chi connectivity index (χ0v) is 12.3. The van der Waals surface area contributed by atoms with Crippen molar-refractivity contribution >= 4 is 0 Å². The smallest absolute Gasteiger partial charge is 0.00772 e. The zero-order chi connectivity index (χ0) is 13.3. The molecule has 0 saturated heterocycles. The van der Waals surface area contributed by atoms with Crippen LogP contribution < -0.4 is 26.6 Å². The Hall–Kier alpha value is -0.200. The lowest BCUT2D eigenvalue weighted by atomic mass is 10.4. The number of hydrogen-bond acceptors (Lipinski definition) is 5. The zero-order valence-electron chi connectivity index (χ0n) is 12.3. The summed E-state index contributed by atoms with van der Waals surface area (Å²) < 4.78 is 0. The molecule has 0 bridgehead atoms. The summed E-state index contributed by atoms with van der Waals surface area (Å²) >= 11 is 0. The van der Waals surface area contributed by atoms with E-state index in [1.165, 1.54) is 6.42 Å². The van der Waals surface area contributed by atoms with Gasteiger partial charge in [0.1, 0.15) is 0 Å². The summed E-state index contributed by atoms with van der Waals surface area (Å²) in [6.07, 6.45) is 1.21. The van der Waals surface area contributed by atoms with E-state index in [0.29, 0.717) is 0 Å². The first-order valence-corrected chi connectivity index (χ1v) is 7.45. The van der Waals surface area contributed by atoms with Gasteiger partial charge >= 0.3 is 0 Å². The fraction of sp³-hybridized carbons (Fsp3) is 1.00. The van der Waals surface area contributed by atoms with E-state index in [0.717, 1.165) is 65.4 Å². The van der Waals surface area contributed by atoms with Crippen molar-refractivity contribution in [2.24, 2.45) is 0 Å². The fourth-order valence-electron chi connectivity index (χ4n) is 1.60. The molecule has 0 aromatic rings. The van der Waals surface area contributed by atoms with Gasteiger partial charge in [0.25, 0.3) is 0 Å². The summed E-state index contributed by atoms with van der Waals surface area (Å²) in [5.74, 6) is 0. The minimum absolute atomic E-state index is 1.05. The minimum Gasteiger partial charge on any atom is -0.317 e. The lowest BCUT2D eigenvalue weighted by Gasteiger charge is -2.08. The average Bonchev–Trinajstić information content (AvgIpc) is 2.39. The third-order valence-electron chi connectivity index (χ3n) is 2.64. The van der Waals surface area contributed by atoms with Crippen molar-refractivity contribution in [3.8, 4) is 0 Å². The van der Waals surface area contributed by atoms with Gasteiger partial charge in [-0.2, -0.15) is 0 Å². The quantitative estimate of drug-likeness (QED) is 0.253. The van der Waals surface area contributed by atoms with Crippen molar-refractivity contribution < 1.29 is 0 Å².